The van der Waals surface area contributed by atoms with Crippen LogP contribution in [0.25, 0.3) is 22.0 Å². The first-order valence-electron chi connectivity index (χ1n) is 10.1. The summed E-state index contributed by atoms with van der Waals surface area (Å²) in [5.41, 5.74) is 2.86. The van der Waals surface area contributed by atoms with Gasteiger partial charge >= 0.3 is 5.97 Å². The maximum atomic E-state index is 12.4. The molecule has 0 amide bonds. The van der Waals surface area contributed by atoms with Crippen molar-refractivity contribution in [3.8, 4) is 11.1 Å². The van der Waals surface area contributed by atoms with Crippen LogP contribution < -0.4 is 5.32 Å². The Hall–Kier alpha value is -2.95. The maximum absolute atomic E-state index is 12.4. The molecule has 5 nitrogen and oxygen atoms in total. The van der Waals surface area contributed by atoms with Crippen LogP contribution >= 0.6 is 0 Å². The highest BCUT2D eigenvalue weighted by atomic mass is 16.6. The summed E-state index contributed by atoms with van der Waals surface area (Å²) < 4.78 is 5.50. The Kier molecular flexibility index (Phi) is 6.16. The zero-order valence-corrected chi connectivity index (χ0v) is 17.8. The molecule has 0 aliphatic carbocycles. The molecule has 0 fully saturated rings. The summed E-state index contributed by atoms with van der Waals surface area (Å²) >= 11 is 0. The summed E-state index contributed by atoms with van der Waals surface area (Å²) in [5, 5.41) is 4.40. The Bertz CT molecular complexity index is 1010. The Balaban J connectivity index is 1.92. The SMILES string of the molecule is CC(C)CCNc1ncnc2ccc(-c3cccc(C(=O)OC(C)(C)C)c3)cc12. The minimum atomic E-state index is -0.524. The first kappa shape index (κ1) is 20.8. The molecule has 152 valence electrons. The number of rotatable bonds is 6. The number of aromatic nitrogens is 2. The van der Waals surface area contributed by atoms with E-state index in [4.69, 9.17) is 4.74 Å². The monoisotopic (exact) mass is 391 g/mol. The van der Waals surface area contributed by atoms with Gasteiger partial charge in [-0.15, -0.1) is 0 Å². The predicted molar refractivity (Wildman–Crippen MR) is 118 cm³/mol. The van der Waals surface area contributed by atoms with Crippen molar-refractivity contribution in [3.63, 3.8) is 0 Å². The molecule has 2 aromatic carbocycles. The van der Waals surface area contributed by atoms with Crippen molar-refractivity contribution in [2.24, 2.45) is 5.92 Å². The van der Waals surface area contributed by atoms with Crippen molar-refractivity contribution in [2.45, 2.75) is 46.6 Å². The summed E-state index contributed by atoms with van der Waals surface area (Å²) in [7, 11) is 0. The van der Waals surface area contributed by atoms with Crippen LogP contribution in [0.3, 0.4) is 0 Å². The smallest absolute Gasteiger partial charge is 0.338 e. The number of carbonyl (C=O) groups excluding carboxylic acids is 1. The van der Waals surface area contributed by atoms with E-state index in [-0.39, 0.29) is 5.97 Å². The molecule has 0 spiro atoms. The first-order chi connectivity index (χ1) is 13.7. The lowest BCUT2D eigenvalue weighted by atomic mass is 10.0. The number of benzene rings is 2. The Morgan fingerprint density at radius 1 is 1.07 bits per heavy atom. The van der Waals surface area contributed by atoms with Crippen molar-refractivity contribution in [1.29, 1.82) is 0 Å². The molecule has 1 aromatic heterocycles. The molecule has 0 aliphatic heterocycles. The van der Waals surface area contributed by atoms with Crippen molar-refractivity contribution in [2.75, 3.05) is 11.9 Å². The van der Waals surface area contributed by atoms with Gasteiger partial charge in [-0.05, 0) is 68.5 Å². The molecular weight excluding hydrogens is 362 g/mol. The van der Waals surface area contributed by atoms with Gasteiger partial charge in [-0.25, -0.2) is 14.8 Å². The number of hydrogen-bond acceptors (Lipinski definition) is 5. The summed E-state index contributed by atoms with van der Waals surface area (Å²) in [6, 6.07) is 13.6. The van der Waals surface area contributed by atoms with Crippen LogP contribution in [0.15, 0.2) is 48.8 Å². The van der Waals surface area contributed by atoms with Gasteiger partial charge in [0.1, 0.15) is 17.7 Å². The zero-order valence-electron chi connectivity index (χ0n) is 17.8. The minimum absolute atomic E-state index is 0.320. The second kappa shape index (κ2) is 8.60. The van der Waals surface area contributed by atoms with Crippen LogP contribution in [0, 0.1) is 5.92 Å². The van der Waals surface area contributed by atoms with E-state index in [9.17, 15) is 4.79 Å². The third-order valence-electron chi connectivity index (χ3n) is 4.48. The predicted octanol–water partition coefficient (Wildman–Crippen LogP) is 5.71. The molecule has 0 aliphatic rings. The Morgan fingerprint density at radius 3 is 2.55 bits per heavy atom. The Labute approximate surface area is 172 Å². The van der Waals surface area contributed by atoms with E-state index in [1.807, 2.05) is 51.1 Å². The van der Waals surface area contributed by atoms with Crippen LogP contribution in [-0.2, 0) is 4.74 Å². The summed E-state index contributed by atoms with van der Waals surface area (Å²) in [6.45, 7) is 10.9. The number of nitrogens with one attached hydrogen (secondary N) is 1. The van der Waals surface area contributed by atoms with E-state index in [2.05, 4.69) is 35.2 Å². The highest BCUT2D eigenvalue weighted by Crippen LogP contribution is 2.28. The molecule has 0 saturated carbocycles. The van der Waals surface area contributed by atoms with Gasteiger partial charge in [-0.1, -0.05) is 32.0 Å². The molecule has 5 heteroatoms. The number of fused-ring (bicyclic) bond motifs is 1. The molecular formula is C24H29N3O2. The molecule has 0 radical (unpaired) electrons. The Morgan fingerprint density at radius 2 is 1.83 bits per heavy atom. The second-order valence-corrected chi connectivity index (χ2v) is 8.65. The molecule has 3 rings (SSSR count). The van der Waals surface area contributed by atoms with Crippen molar-refractivity contribution in [1.82, 2.24) is 9.97 Å². The van der Waals surface area contributed by atoms with Gasteiger partial charge in [-0.2, -0.15) is 0 Å². The van der Waals surface area contributed by atoms with Crippen LogP contribution in [0.2, 0.25) is 0 Å². The lowest BCUT2D eigenvalue weighted by molar-refractivity contribution is 0.00696. The molecule has 0 bridgehead atoms. The number of ether oxygens (including phenoxy) is 1. The number of anilines is 1. The van der Waals surface area contributed by atoms with Crippen molar-refractivity contribution < 1.29 is 9.53 Å². The number of carbonyl (C=O) groups is 1. The van der Waals surface area contributed by atoms with Crippen LogP contribution in [0.1, 0.15) is 51.4 Å². The third-order valence-corrected chi connectivity index (χ3v) is 4.48. The summed E-state index contributed by atoms with van der Waals surface area (Å²) in [6.07, 6.45) is 2.66. The lowest BCUT2D eigenvalue weighted by Crippen LogP contribution is -2.23. The largest absolute Gasteiger partial charge is 0.456 e. The van der Waals surface area contributed by atoms with E-state index in [1.165, 1.54) is 0 Å². The second-order valence-electron chi connectivity index (χ2n) is 8.65. The molecule has 0 unspecified atom stereocenters. The topological polar surface area (TPSA) is 64.1 Å². The van der Waals surface area contributed by atoms with Gasteiger partial charge in [0.2, 0.25) is 0 Å². The van der Waals surface area contributed by atoms with Crippen molar-refractivity contribution in [3.05, 3.63) is 54.4 Å². The fraction of sp³-hybridized carbons (Fsp3) is 0.375. The molecule has 0 atom stereocenters. The highest BCUT2D eigenvalue weighted by molar-refractivity contribution is 5.94. The van der Waals surface area contributed by atoms with Crippen molar-refractivity contribution >= 4 is 22.7 Å². The van der Waals surface area contributed by atoms with Gasteiger partial charge in [0, 0.05) is 11.9 Å². The minimum Gasteiger partial charge on any atom is -0.456 e. The standard InChI is InChI=1S/C24H29N3O2/c1-16(2)11-12-25-22-20-14-18(9-10-21(20)26-15-27-22)17-7-6-8-19(13-17)23(28)29-24(3,4)5/h6-10,13-16H,11-12H2,1-5H3,(H,25,26,27). The van der Waals surface area contributed by atoms with E-state index < -0.39 is 5.60 Å². The quantitative estimate of drug-likeness (QED) is 0.545. The maximum Gasteiger partial charge on any atom is 0.338 e. The van der Waals surface area contributed by atoms with Gasteiger partial charge in [-0.3, -0.25) is 0 Å². The fourth-order valence-corrected chi connectivity index (χ4v) is 3.02. The average molecular weight is 392 g/mol. The zero-order chi connectivity index (χ0) is 21.0. The van der Waals surface area contributed by atoms with Crippen LogP contribution in [0.4, 0.5) is 5.82 Å². The van der Waals surface area contributed by atoms with E-state index in [1.54, 1.807) is 12.4 Å². The average Bonchev–Trinajstić information content (AvgIpc) is 2.66. The van der Waals surface area contributed by atoms with E-state index in [0.717, 1.165) is 40.8 Å². The van der Waals surface area contributed by atoms with Gasteiger partial charge < -0.3 is 10.1 Å². The third kappa shape index (κ3) is 5.53. The molecule has 0 saturated heterocycles. The van der Waals surface area contributed by atoms with Crippen LogP contribution in [-0.4, -0.2) is 28.1 Å². The van der Waals surface area contributed by atoms with Gasteiger partial charge in [0.25, 0.3) is 0 Å². The fourth-order valence-electron chi connectivity index (χ4n) is 3.02. The molecule has 3 aromatic rings. The first-order valence-corrected chi connectivity index (χ1v) is 10.1. The molecule has 1 heterocycles. The number of nitrogens with zero attached hydrogens (tertiary/aromatic N) is 2. The van der Waals surface area contributed by atoms with Crippen LogP contribution in [0.5, 0.6) is 0 Å². The highest BCUT2D eigenvalue weighted by Gasteiger charge is 2.18. The van der Waals surface area contributed by atoms with Gasteiger partial charge in [0.15, 0.2) is 0 Å². The molecule has 1 N–H and O–H groups in total. The summed E-state index contributed by atoms with van der Waals surface area (Å²) in [5.74, 6) is 1.14. The number of hydrogen-bond donors (Lipinski definition) is 1. The lowest BCUT2D eigenvalue weighted by Gasteiger charge is -2.19. The number of esters is 1. The normalized spacial score (nSPS) is 11.7. The summed E-state index contributed by atoms with van der Waals surface area (Å²) in [4.78, 5) is 21.2. The van der Waals surface area contributed by atoms with Gasteiger partial charge in [0.05, 0.1) is 11.1 Å². The molecule has 29 heavy (non-hydrogen) atoms. The van der Waals surface area contributed by atoms with E-state index in [0.29, 0.717) is 11.5 Å². The van der Waals surface area contributed by atoms with E-state index >= 15 is 0 Å².